The standard InChI is InChI=1S/C18H16F6N2O/c19-17(20,21)13-7-12(8-14(9-13)18(22,23)24)16(25)10-26-6-5-11-1-3-15(27)4-2-11/h1-4,7-10,26-27H,5-6,25H2/b16-10-. The van der Waals surface area contributed by atoms with Crippen molar-refractivity contribution < 1.29 is 31.4 Å². The van der Waals surface area contributed by atoms with E-state index in [9.17, 15) is 31.4 Å². The summed E-state index contributed by atoms with van der Waals surface area (Å²) < 4.78 is 77.2. The predicted molar refractivity (Wildman–Crippen MR) is 88.4 cm³/mol. The molecule has 0 bridgehead atoms. The van der Waals surface area contributed by atoms with Gasteiger partial charge in [-0.2, -0.15) is 26.3 Å². The topological polar surface area (TPSA) is 58.3 Å². The quantitative estimate of drug-likeness (QED) is 0.520. The highest BCUT2D eigenvalue weighted by atomic mass is 19.4. The molecule has 2 aromatic carbocycles. The van der Waals surface area contributed by atoms with Gasteiger partial charge in [-0.15, -0.1) is 0 Å². The summed E-state index contributed by atoms with van der Waals surface area (Å²) in [6.07, 6.45) is -8.18. The second-order valence-corrected chi connectivity index (χ2v) is 5.76. The minimum Gasteiger partial charge on any atom is -0.508 e. The van der Waals surface area contributed by atoms with E-state index in [0.29, 0.717) is 25.1 Å². The van der Waals surface area contributed by atoms with Crippen molar-refractivity contribution in [2.24, 2.45) is 5.73 Å². The van der Waals surface area contributed by atoms with Gasteiger partial charge >= 0.3 is 12.4 Å². The minimum absolute atomic E-state index is 0.0506. The zero-order chi connectivity index (χ0) is 20.2. The molecule has 0 atom stereocenters. The molecular weight excluding hydrogens is 374 g/mol. The van der Waals surface area contributed by atoms with E-state index < -0.39 is 23.5 Å². The third-order valence-corrected chi connectivity index (χ3v) is 3.67. The normalized spacial score (nSPS) is 12.9. The Balaban J connectivity index is 2.15. The van der Waals surface area contributed by atoms with Gasteiger partial charge in [0.15, 0.2) is 0 Å². The van der Waals surface area contributed by atoms with Crippen molar-refractivity contribution in [3.8, 4) is 5.75 Å². The molecule has 146 valence electrons. The fourth-order valence-corrected chi connectivity index (χ4v) is 2.27. The molecule has 0 aliphatic carbocycles. The zero-order valence-electron chi connectivity index (χ0n) is 13.8. The van der Waals surface area contributed by atoms with Gasteiger partial charge in [0.1, 0.15) is 5.75 Å². The number of rotatable bonds is 5. The van der Waals surface area contributed by atoms with Crippen molar-refractivity contribution in [3.63, 3.8) is 0 Å². The monoisotopic (exact) mass is 390 g/mol. The van der Waals surface area contributed by atoms with E-state index in [1.165, 1.54) is 12.1 Å². The highest BCUT2D eigenvalue weighted by molar-refractivity contribution is 5.64. The highest BCUT2D eigenvalue weighted by Crippen LogP contribution is 2.37. The largest absolute Gasteiger partial charge is 0.508 e. The van der Waals surface area contributed by atoms with Crippen LogP contribution in [0.25, 0.3) is 5.70 Å². The summed E-state index contributed by atoms with van der Waals surface area (Å²) in [5, 5.41) is 11.9. The second-order valence-electron chi connectivity index (χ2n) is 5.76. The lowest BCUT2D eigenvalue weighted by molar-refractivity contribution is -0.143. The number of nitrogens with two attached hydrogens (primary N) is 1. The molecule has 0 radical (unpaired) electrons. The van der Waals surface area contributed by atoms with Crippen LogP contribution < -0.4 is 11.1 Å². The lowest BCUT2D eigenvalue weighted by Crippen LogP contribution is -2.15. The summed E-state index contributed by atoms with van der Waals surface area (Å²) in [4.78, 5) is 0. The first-order chi connectivity index (χ1) is 12.5. The van der Waals surface area contributed by atoms with Crippen LogP contribution >= 0.6 is 0 Å². The third kappa shape index (κ3) is 5.83. The summed E-state index contributed by atoms with van der Waals surface area (Å²) in [6, 6.07) is 7.57. The van der Waals surface area contributed by atoms with Crippen molar-refractivity contribution in [1.29, 1.82) is 0 Å². The molecule has 2 aromatic rings. The molecule has 0 fully saturated rings. The van der Waals surface area contributed by atoms with Crippen LogP contribution in [-0.4, -0.2) is 11.7 Å². The van der Waals surface area contributed by atoms with Crippen LogP contribution in [0.3, 0.4) is 0 Å². The van der Waals surface area contributed by atoms with Gasteiger partial charge in [-0.25, -0.2) is 0 Å². The number of nitrogens with one attached hydrogen (secondary N) is 1. The van der Waals surface area contributed by atoms with Crippen molar-refractivity contribution in [2.75, 3.05) is 6.54 Å². The number of benzene rings is 2. The fourth-order valence-electron chi connectivity index (χ4n) is 2.27. The summed E-state index contributed by atoms with van der Waals surface area (Å²) >= 11 is 0. The Kier molecular flexibility index (Phi) is 5.92. The van der Waals surface area contributed by atoms with Gasteiger partial charge in [0.05, 0.1) is 16.8 Å². The van der Waals surface area contributed by atoms with E-state index in [-0.39, 0.29) is 23.1 Å². The van der Waals surface area contributed by atoms with Crippen molar-refractivity contribution >= 4 is 5.70 Å². The number of alkyl halides is 6. The molecular formula is C18H16F6N2O. The fraction of sp³-hybridized carbons (Fsp3) is 0.222. The van der Waals surface area contributed by atoms with Crippen LogP contribution in [0.1, 0.15) is 22.3 Å². The maximum absolute atomic E-state index is 12.9. The van der Waals surface area contributed by atoms with E-state index in [0.717, 1.165) is 11.8 Å². The van der Waals surface area contributed by atoms with E-state index in [4.69, 9.17) is 5.73 Å². The average Bonchev–Trinajstić information content (AvgIpc) is 2.58. The first-order valence-electron chi connectivity index (χ1n) is 7.73. The van der Waals surface area contributed by atoms with E-state index in [1.54, 1.807) is 12.1 Å². The lowest BCUT2D eigenvalue weighted by Gasteiger charge is -2.14. The van der Waals surface area contributed by atoms with Gasteiger partial charge < -0.3 is 16.2 Å². The number of aromatic hydroxyl groups is 1. The molecule has 0 aliphatic rings. The molecule has 0 amide bonds. The van der Waals surface area contributed by atoms with Gasteiger partial charge in [0.2, 0.25) is 0 Å². The van der Waals surface area contributed by atoms with E-state index in [2.05, 4.69) is 5.32 Å². The van der Waals surface area contributed by atoms with Crippen molar-refractivity contribution in [1.82, 2.24) is 5.32 Å². The molecule has 0 unspecified atom stereocenters. The van der Waals surface area contributed by atoms with E-state index >= 15 is 0 Å². The number of halogens is 6. The minimum atomic E-state index is -4.93. The SMILES string of the molecule is N/C(=C\NCCc1ccc(O)cc1)c1cc(C(F)(F)F)cc(C(F)(F)F)c1. The molecule has 9 heteroatoms. The second kappa shape index (κ2) is 7.81. The Morgan fingerprint density at radius 3 is 1.93 bits per heavy atom. The maximum atomic E-state index is 12.9. The summed E-state index contributed by atoms with van der Waals surface area (Å²) in [5.74, 6) is 0.112. The Labute approximate surface area is 151 Å². The Morgan fingerprint density at radius 2 is 1.44 bits per heavy atom. The third-order valence-electron chi connectivity index (χ3n) is 3.67. The predicted octanol–water partition coefficient (Wildman–Crippen LogP) is 4.52. The van der Waals surface area contributed by atoms with Crippen LogP contribution in [0.5, 0.6) is 5.75 Å². The van der Waals surface area contributed by atoms with Gasteiger partial charge in [0, 0.05) is 18.3 Å². The summed E-state index contributed by atoms with van der Waals surface area (Å²) in [6.45, 7) is 0.344. The number of phenolic OH excluding ortho intramolecular Hbond substituents is 1. The van der Waals surface area contributed by atoms with Crippen LogP contribution in [-0.2, 0) is 18.8 Å². The van der Waals surface area contributed by atoms with Gasteiger partial charge in [0.25, 0.3) is 0 Å². The zero-order valence-corrected chi connectivity index (χ0v) is 13.8. The maximum Gasteiger partial charge on any atom is 0.416 e. The van der Waals surface area contributed by atoms with Crippen LogP contribution in [0.4, 0.5) is 26.3 Å². The van der Waals surface area contributed by atoms with Gasteiger partial charge in [-0.3, -0.25) is 0 Å². The summed E-state index contributed by atoms with van der Waals surface area (Å²) in [7, 11) is 0. The lowest BCUT2D eigenvalue weighted by atomic mass is 10.0. The molecule has 0 aliphatic heterocycles. The molecule has 0 spiro atoms. The summed E-state index contributed by atoms with van der Waals surface area (Å²) in [5.41, 5.74) is 3.05. The van der Waals surface area contributed by atoms with E-state index in [1.807, 2.05) is 0 Å². The molecule has 3 nitrogen and oxygen atoms in total. The first kappa shape index (κ1) is 20.5. The van der Waals surface area contributed by atoms with Gasteiger partial charge in [-0.05, 0) is 42.3 Å². The number of hydrogen-bond donors (Lipinski definition) is 3. The van der Waals surface area contributed by atoms with Crippen LogP contribution in [0, 0.1) is 0 Å². The highest BCUT2D eigenvalue weighted by Gasteiger charge is 2.37. The number of hydrogen-bond acceptors (Lipinski definition) is 3. The molecule has 27 heavy (non-hydrogen) atoms. The van der Waals surface area contributed by atoms with Crippen LogP contribution in [0.15, 0.2) is 48.7 Å². The van der Waals surface area contributed by atoms with Crippen molar-refractivity contribution in [2.45, 2.75) is 18.8 Å². The molecule has 2 rings (SSSR count). The van der Waals surface area contributed by atoms with Gasteiger partial charge in [-0.1, -0.05) is 12.1 Å². The van der Waals surface area contributed by atoms with Crippen molar-refractivity contribution in [3.05, 3.63) is 70.9 Å². The molecule has 0 heterocycles. The molecule has 0 saturated carbocycles. The number of phenols is 1. The average molecular weight is 390 g/mol. The Hall–Kier alpha value is -2.84. The smallest absolute Gasteiger partial charge is 0.416 e. The Morgan fingerprint density at radius 1 is 0.926 bits per heavy atom. The molecule has 0 aromatic heterocycles. The molecule has 0 saturated heterocycles. The van der Waals surface area contributed by atoms with Crippen LogP contribution in [0.2, 0.25) is 0 Å². The Bertz CT molecular complexity index is 778. The first-order valence-corrected chi connectivity index (χ1v) is 7.73. The molecule has 4 N–H and O–H groups in total.